The third kappa shape index (κ3) is 4.78. The van der Waals surface area contributed by atoms with E-state index in [9.17, 15) is 8.42 Å². The first-order valence-electron chi connectivity index (χ1n) is 7.33. The SMILES string of the molecule is CCCCSc1ccc(NS(=O)(=O)c2ccc(C)cc2)cc1. The molecule has 0 heterocycles. The van der Waals surface area contributed by atoms with Crippen LogP contribution in [-0.2, 0) is 10.0 Å². The van der Waals surface area contributed by atoms with Gasteiger partial charge in [0.2, 0.25) is 0 Å². The topological polar surface area (TPSA) is 46.2 Å². The van der Waals surface area contributed by atoms with Crippen LogP contribution in [0.25, 0.3) is 0 Å². The van der Waals surface area contributed by atoms with Crippen LogP contribution in [-0.4, -0.2) is 14.2 Å². The van der Waals surface area contributed by atoms with E-state index in [0.717, 1.165) is 16.2 Å². The zero-order chi connectivity index (χ0) is 16.0. The number of thioether (sulfide) groups is 1. The molecule has 0 aromatic heterocycles. The second-order valence-corrected chi connectivity index (χ2v) is 8.00. The Kier molecular flexibility index (Phi) is 5.91. The van der Waals surface area contributed by atoms with Gasteiger partial charge in [-0.2, -0.15) is 0 Å². The summed E-state index contributed by atoms with van der Waals surface area (Å²) < 4.78 is 27.2. The van der Waals surface area contributed by atoms with E-state index in [2.05, 4.69) is 11.6 Å². The van der Waals surface area contributed by atoms with Crippen LogP contribution < -0.4 is 4.72 Å². The summed E-state index contributed by atoms with van der Waals surface area (Å²) in [5.74, 6) is 1.09. The Morgan fingerprint density at radius 2 is 1.64 bits per heavy atom. The van der Waals surface area contributed by atoms with Crippen molar-refractivity contribution in [3.8, 4) is 0 Å². The summed E-state index contributed by atoms with van der Waals surface area (Å²) in [6.45, 7) is 4.10. The number of anilines is 1. The van der Waals surface area contributed by atoms with Crippen molar-refractivity contribution in [1.82, 2.24) is 0 Å². The molecule has 0 saturated carbocycles. The molecule has 118 valence electrons. The van der Waals surface area contributed by atoms with Crippen LogP contribution in [0, 0.1) is 6.92 Å². The third-order valence-corrected chi connectivity index (χ3v) is 5.70. The van der Waals surface area contributed by atoms with Gasteiger partial charge >= 0.3 is 0 Å². The van der Waals surface area contributed by atoms with Crippen LogP contribution in [0.5, 0.6) is 0 Å². The van der Waals surface area contributed by atoms with Crippen molar-refractivity contribution in [2.24, 2.45) is 0 Å². The maximum Gasteiger partial charge on any atom is 0.261 e. The summed E-state index contributed by atoms with van der Waals surface area (Å²) in [5.41, 5.74) is 1.62. The van der Waals surface area contributed by atoms with Crippen LogP contribution in [0.15, 0.2) is 58.3 Å². The highest BCUT2D eigenvalue weighted by molar-refractivity contribution is 7.99. The lowest BCUT2D eigenvalue weighted by Gasteiger charge is -2.09. The minimum atomic E-state index is -3.52. The molecular weight excluding hydrogens is 314 g/mol. The second-order valence-electron chi connectivity index (χ2n) is 5.14. The molecule has 0 saturated heterocycles. The molecule has 0 unspecified atom stereocenters. The van der Waals surface area contributed by atoms with Gasteiger partial charge in [0.15, 0.2) is 0 Å². The highest BCUT2D eigenvalue weighted by Crippen LogP contribution is 2.23. The van der Waals surface area contributed by atoms with Gasteiger partial charge in [-0.15, -0.1) is 11.8 Å². The molecule has 0 bridgehead atoms. The Labute approximate surface area is 137 Å². The highest BCUT2D eigenvalue weighted by Gasteiger charge is 2.13. The molecule has 0 radical (unpaired) electrons. The third-order valence-electron chi connectivity index (χ3n) is 3.20. The van der Waals surface area contributed by atoms with E-state index in [4.69, 9.17) is 0 Å². The van der Waals surface area contributed by atoms with Crippen LogP contribution >= 0.6 is 11.8 Å². The fourth-order valence-corrected chi connectivity index (χ4v) is 3.94. The van der Waals surface area contributed by atoms with Gasteiger partial charge in [0.25, 0.3) is 10.0 Å². The smallest absolute Gasteiger partial charge is 0.261 e. The van der Waals surface area contributed by atoms with Crippen molar-refractivity contribution >= 4 is 27.5 Å². The number of rotatable bonds is 7. The number of unbranched alkanes of at least 4 members (excludes halogenated alkanes) is 1. The molecule has 0 atom stereocenters. The van der Waals surface area contributed by atoms with E-state index in [1.807, 2.05) is 19.1 Å². The van der Waals surface area contributed by atoms with Crippen molar-refractivity contribution < 1.29 is 8.42 Å². The first-order chi connectivity index (χ1) is 10.5. The molecule has 0 aliphatic rings. The highest BCUT2D eigenvalue weighted by atomic mass is 32.2. The molecule has 0 aliphatic carbocycles. The zero-order valence-corrected chi connectivity index (χ0v) is 14.5. The fraction of sp³-hybridized carbons (Fsp3) is 0.294. The Hall–Kier alpha value is -1.46. The first kappa shape index (κ1) is 16.9. The minimum absolute atomic E-state index is 0.277. The number of sulfonamides is 1. The standard InChI is InChI=1S/C17H21NO2S2/c1-3-4-13-21-16-9-7-15(8-10-16)18-22(19,20)17-11-5-14(2)6-12-17/h5-12,18H,3-4,13H2,1-2H3. The van der Waals surface area contributed by atoms with Gasteiger partial charge in [0, 0.05) is 10.6 Å². The molecule has 3 nitrogen and oxygen atoms in total. The summed E-state index contributed by atoms with van der Waals surface area (Å²) in [4.78, 5) is 1.44. The summed E-state index contributed by atoms with van der Waals surface area (Å²) in [6.07, 6.45) is 2.37. The molecule has 2 rings (SSSR count). The van der Waals surface area contributed by atoms with Crippen LogP contribution in [0.3, 0.4) is 0 Å². The largest absolute Gasteiger partial charge is 0.280 e. The van der Waals surface area contributed by atoms with Crippen molar-refractivity contribution in [2.75, 3.05) is 10.5 Å². The Morgan fingerprint density at radius 3 is 2.23 bits per heavy atom. The monoisotopic (exact) mass is 335 g/mol. The average molecular weight is 335 g/mol. The molecule has 0 amide bonds. The quantitative estimate of drug-likeness (QED) is 0.590. The lowest BCUT2D eigenvalue weighted by molar-refractivity contribution is 0.601. The van der Waals surface area contributed by atoms with Crippen molar-refractivity contribution in [1.29, 1.82) is 0 Å². The number of benzene rings is 2. The van der Waals surface area contributed by atoms with Crippen LogP contribution in [0.1, 0.15) is 25.3 Å². The van der Waals surface area contributed by atoms with Gasteiger partial charge in [-0.1, -0.05) is 31.0 Å². The fourth-order valence-electron chi connectivity index (χ4n) is 1.89. The Balaban J connectivity index is 2.05. The normalized spacial score (nSPS) is 11.4. The van der Waals surface area contributed by atoms with Crippen molar-refractivity contribution in [3.63, 3.8) is 0 Å². The minimum Gasteiger partial charge on any atom is -0.280 e. The van der Waals surface area contributed by atoms with Gasteiger partial charge in [-0.3, -0.25) is 4.72 Å². The summed E-state index contributed by atoms with van der Waals surface area (Å²) in [6, 6.07) is 14.3. The second kappa shape index (κ2) is 7.70. The Morgan fingerprint density at radius 1 is 1.00 bits per heavy atom. The molecule has 0 aliphatic heterocycles. The number of aryl methyl sites for hydroxylation is 1. The molecule has 2 aromatic carbocycles. The first-order valence-corrected chi connectivity index (χ1v) is 9.80. The summed E-state index contributed by atoms with van der Waals surface area (Å²) in [7, 11) is -3.52. The predicted octanol–water partition coefficient (Wildman–Crippen LogP) is 4.69. The van der Waals surface area contributed by atoms with Crippen LogP contribution in [0.4, 0.5) is 5.69 Å². The molecule has 1 N–H and O–H groups in total. The van der Waals surface area contributed by atoms with Crippen molar-refractivity contribution in [2.45, 2.75) is 36.5 Å². The van der Waals surface area contributed by atoms with E-state index in [-0.39, 0.29) is 4.90 Å². The zero-order valence-electron chi connectivity index (χ0n) is 12.9. The average Bonchev–Trinajstić information content (AvgIpc) is 2.49. The molecule has 0 fully saturated rings. The Bertz CT molecular complexity index is 692. The molecule has 22 heavy (non-hydrogen) atoms. The van der Waals surface area contributed by atoms with E-state index >= 15 is 0 Å². The van der Waals surface area contributed by atoms with E-state index < -0.39 is 10.0 Å². The number of hydrogen-bond acceptors (Lipinski definition) is 3. The van der Waals surface area contributed by atoms with Gasteiger partial charge in [-0.05, 0) is 55.5 Å². The molecule has 0 spiro atoms. The summed E-state index contributed by atoms with van der Waals surface area (Å²) in [5, 5.41) is 0. The lowest BCUT2D eigenvalue weighted by Crippen LogP contribution is -2.12. The van der Waals surface area contributed by atoms with E-state index in [1.54, 1.807) is 48.2 Å². The van der Waals surface area contributed by atoms with E-state index in [1.165, 1.54) is 12.8 Å². The maximum absolute atomic E-state index is 12.3. The maximum atomic E-state index is 12.3. The number of nitrogens with one attached hydrogen (secondary N) is 1. The summed E-state index contributed by atoms with van der Waals surface area (Å²) >= 11 is 1.79. The van der Waals surface area contributed by atoms with Gasteiger partial charge in [0.1, 0.15) is 0 Å². The predicted molar refractivity (Wildman–Crippen MR) is 94.1 cm³/mol. The van der Waals surface area contributed by atoms with Crippen molar-refractivity contribution in [3.05, 3.63) is 54.1 Å². The number of hydrogen-bond donors (Lipinski definition) is 1. The molecule has 2 aromatic rings. The lowest BCUT2D eigenvalue weighted by atomic mass is 10.2. The van der Waals surface area contributed by atoms with Crippen LogP contribution in [0.2, 0.25) is 0 Å². The van der Waals surface area contributed by atoms with Gasteiger partial charge in [0.05, 0.1) is 4.90 Å². The van der Waals surface area contributed by atoms with Gasteiger partial charge < -0.3 is 0 Å². The molecule has 5 heteroatoms. The molecular formula is C17H21NO2S2. The van der Waals surface area contributed by atoms with Gasteiger partial charge in [-0.25, -0.2) is 8.42 Å². The van der Waals surface area contributed by atoms with E-state index in [0.29, 0.717) is 5.69 Å².